The molecular formula is C7H11FO2. The van der Waals surface area contributed by atoms with Crippen LogP contribution in [-0.4, -0.2) is 16.7 Å². The van der Waals surface area contributed by atoms with E-state index in [2.05, 4.69) is 0 Å². The van der Waals surface area contributed by atoms with E-state index in [0.29, 0.717) is 12.8 Å². The van der Waals surface area contributed by atoms with Gasteiger partial charge in [0.15, 0.2) is 0 Å². The van der Waals surface area contributed by atoms with Crippen molar-refractivity contribution in [2.75, 3.05) is 0 Å². The standard InChI is InChI=1S/C7H11FO2/c8-7(3-1-4-7)5-2-6(9)10/h1-5H2,(H,9,10). The molecule has 0 amide bonds. The van der Waals surface area contributed by atoms with Crippen molar-refractivity contribution in [2.24, 2.45) is 0 Å². The number of carbonyl (C=O) groups is 1. The van der Waals surface area contributed by atoms with Crippen LogP contribution in [0.4, 0.5) is 4.39 Å². The van der Waals surface area contributed by atoms with Crippen molar-refractivity contribution < 1.29 is 14.3 Å². The molecule has 58 valence electrons. The summed E-state index contributed by atoms with van der Waals surface area (Å²) in [5.41, 5.74) is -1.13. The van der Waals surface area contributed by atoms with Crippen LogP contribution in [0.2, 0.25) is 0 Å². The molecule has 1 rings (SSSR count). The van der Waals surface area contributed by atoms with Crippen LogP contribution in [0.3, 0.4) is 0 Å². The summed E-state index contributed by atoms with van der Waals surface area (Å²) in [7, 11) is 0. The third-order valence-corrected chi connectivity index (χ3v) is 2.04. The summed E-state index contributed by atoms with van der Waals surface area (Å²) in [4.78, 5) is 10.0. The molecule has 10 heavy (non-hydrogen) atoms. The predicted octanol–water partition coefficient (Wildman–Crippen LogP) is 1.74. The van der Waals surface area contributed by atoms with E-state index in [1.807, 2.05) is 0 Å². The summed E-state index contributed by atoms with van der Waals surface area (Å²) in [5, 5.41) is 8.23. The minimum Gasteiger partial charge on any atom is -0.481 e. The molecule has 0 aromatic heterocycles. The molecule has 0 spiro atoms. The number of hydrogen-bond acceptors (Lipinski definition) is 1. The first-order valence-corrected chi connectivity index (χ1v) is 3.53. The SMILES string of the molecule is O=C(O)CCC1(F)CCC1. The molecule has 1 fully saturated rings. The van der Waals surface area contributed by atoms with Gasteiger partial charge < -0.3 is 5.11 Å². The topological polar surface area (TPSA) is 37.3 Å². The zero-order valence-corrected chi connectivity index (χ0v) is 5.77. The van der Waals surface area contributed by atoms with Crippen molar-refractivity contribution in [3.63, 3.8) is 0 Å². The Labute approximate surface area is 59.0 Å². The number of hydrogen-bond donors (Lipinski definition) is 1. The lowest BCUT2D eigenvalue weighted by Gasteiger charge is -2.33. The van der Waals surface area contributed by atoms with Gasteiger partial charge in [0.1, 0.15) is 5.67 Å². The van der Waals surface area contributed by atoms with Gasteiger partial charge in [0.25, 0.3) is 0 Å². The van der Waals surface area contributed by atoms with E-state index < -0.39 is 11.6 Å². The van der Waals surface area contributed by atoms with Crippen molar-refractivity contribution in [3.05, 3.63) is 0 Å². The first-order chi connectivity index (χ1) is 4.62. The number of aliphatic carboxylic acids is 1. The molecule has 1 aliphatic carbocycles. The smallest absolute Gasteiger partial charge is 0.303 e. The van der Waals surface area contributed by atoms with Crippen molar-refractivity contribution in [3.8, 4) is 0 Å². The maximum atomic E-state index is 13.0. The maximum absolute atomic E-state index is 13.0. The molecule has 1 N–H and O–H groups in total. The van der Waals surface area contributed by atoms with Gasteiger partial charge in [-0.25, -0.2) is 4.39 Å². The highest BCUT2D eigenvalue weighted by molar-refractivity contribution is 5.66. The second-order valence-electron chi connectivity index (χ2n) is 2.90. The molecule has 0 radical (unpaired) electrons. The zero-order chi connectivity index (χ0) is 7.61. The van der Waals surface area contributed by atoms with Gasteiger partial charge in [0.2, 0.25) is 0 Å². The van der Waals surface area contributed by atoms with Crippen LogP contribution in [0, 0.1) is 0 Å². The van der Waals surface area contributed by atoms with E-state index in [1.165, 1.54) is 0 Å². The minimum atomic E-state index is -1.13. The van der Waals surface area contributed by atoms with Gasteiger partial charge in [0, 0.05) is 6.42 Å². The Balaban J connectivity index is 2.18. The molecule has 1 aliphatic rings. The van der Waals surface area contributed by atoms with Crippen molar-refractivity contribution in [2.45, 2.75) is 37.8 Å². The second kappa shape index (κ2) is 2.56. The average molecular weight is 146 g/mol. The third kappa shape index (κ3) is 1.69. The second-order valence-corrected chi connectivity index (χ2v) is 2.90. The van der Waals surface area contributed by atoms with E-state index >= 15 is 0 Å². The van der Waals surface area contributed by atoms with Crippen LogP contribution in [-0.2, 0) is 4.79 Å². The van der Waals surface area contributed by atoms with Crippen LogP contribution in [0.5, 0.6) is 0 Å². The highest BCUT2D eigenvalue weighted by Crippen LogP contribution is 2.39. The number of halogens is 1. The van der Waals surface area contributed by atoms with Crippen molar-refractivity contribution in [1.29, 1.82) is 0 Å². The predicted molar refractivity (Wildman–Crippen MR) is 34.6 cm³/mol. The number of carboxylic acids is 1. The summed E-state index contributed by atoms with van der Waals surface area (Å²) in [5.74, 6) is -0.899. The fourth-order valence-electron chi connectivity index (χ4n) is 1.14. The van der Waals surface area contributed by atoms with Gasteiger partial charge in [-0.2, -0.15) is 0 Å². The van der Waals surface area contributed by atoms with Crippen LogP contribution in [0.15, 0.2) is 0 Å². The van der Waals surface area contributed by atoms with Gasteiger partial charge in [-0.3, -0.25) is 4.79 Å². The molecule has 2 nitrogen and oxygen atoms in total. The third-order valence-electron chi connectivity index (χ3n) is 2.04. The van der Waals surface area contributed by atoms with Gasteiger partial charge in [-0.1, -0.05) is 0 Å². The Morgan fingerprint density at radius 1 is 1.60 bits per heavy atom. The quantitative estimate of drug-likeness (QED) is 0.658. The van der Waals surface area contributed by atoms with E-state index in [4.69, 9.17) is 5.11 Å². The van der Waals surface area contributed by atoms with Crippen LogP contribution < -0.4 is 0 Å². The van der Waals surface area contributed by atoms with E-state index in [-0.39, 0.29) is 12.8 Å². The molecule has 0 unspecified atom stereocenters. The maximum Gasteiger partial charge on any atom is 0.303 e. The average Bonchev–Trinajstić information content (AvgIpc) is 1.79. The highest BCUT2D eigenvalue weighted by atomic mass is 19.1. The summed E-state index contributed by atoms with van der Waals surface area (Å²) >= 11 is 0. The molecule has 0 aromatic rings. The van der Waals surface area contributed by atoms with E-state index in [9.17, 15) is 9.18 Å². The molecule has 0 aromatic carbocycles. The summed E-state index contributed by atoms with van der Waals surface area (Å²) in [6.45, 7) is 0. The summed E-state index contributed by atoms with van der Waals surface area (Å²) < 4.78 is 13.0. The van der Waals surface area contributed by atoms with Gasteiger partial charge in [-0.15, -0.1) is 0 Å². The van der Waals surface area contributed by atoms with Crippen molar-refractivity contribution >= 4 is 5.97 Å². The Kier molecular flexibility index (Phi) is 1.92. The van der Waals surface area contributed by atoms with E-state index in [0.717, 1.165) is 6.42 Å². The molecular weight excluding hydrogens is 135 g/mol. The molecule has 0 saturated heterocycles. The first kappa shape index (κ1) is 7.51. The van der Waals surface area contributed by atoms with Gasteiger partial charge in [0.05, 0.1) is 0 Å². The number of rotatable bonds is 3. The Morgan fingerprint density at radius 2 is 2.20 bits per heavy atom. The Morgan fingerprint density at radius 3 is 2.50 bits per heavy atom. The molecule has 0 heterocycles. The van der Waals surface area contributed by atoms with Crippen LogP contribution >= 0.6 is 0 Å². The van der Waals surface area contributed by atoms with Crippen LogP contribution in [0.25, 0.3) is 0 Å². The molecule has 0 bridgehead atoms. The monoisotopic (exact) mass is 146 g/mol. The Hall–Kier alpha value is -0.600. The molecule has 0 atom stereocenters. The highest BCUT2D eigenvalue weighted by Gasteiger charge is 2.36. The zero-order valence-electron chi connectivity index (χ0n) is 5.77. The lowest BCUT2D eigenvalue weighted by Crippen LogP contribution is -2.32. The van der Waals surface area contributed by atoms with Gasteiger partial charge in [-0.05, 0) is 25.7 Å². The molecule has 1 saturated carbocycles. The molecule has 3 heteroatoms. The van der Waals surface area contributed by atoms with Crippen LogP contribution in [0.1, 0.15) is 32.1 Å². The molecule has 0 aliphatic heterocycles. The minimum absolute atomic E-state index is 0.0313. The van der Waals surface area contributed by atoms with Crippen molar-refractivity contribution in [1.82, 2.24) is 0 Å². The largest absolute Gasteiger partial charge is 0.481 e. The van der Waals surface area contributed by atoms with Gasteiger partial charge >= 0.3 is 5.97 Å². The number of alkyl halides is 1. The summed E-state index contributed by atoms with van der Waals surface area (Å²) in [6.07, 6.45) is 2.19. The Bertz CT molecular complexity index is 141. The summed E-state index contributed by atoms with van der Waals surface area (Å²) in [6, 6.07) is 0. The van der Waals surface area contributed by atoms with E-state index in [1.54, 1.807) is 0 Å². The first-order valence-electron chi connectivity index (χ1n) is 3.53. The number of carboxylic acid groups (broad SMARTS) is 1. The fraction of sp³-hybridized carbons (Fsp3) is 0.857. The lowest BCUT2D eigenvalue weighted by atomic mass is 9.79. The lowest BCUT2D eigenvalue weighted by molar-refractivity contribution is -0.138. The fourth-order valence-corrected chi connectivity index (χ4v) is 1.14. The normalized spacial score (nSPS) is 21.7.